The fraction of sp³-hybridized carbons (Fsp3) is 0.227. The van der Waals surface area contributed by atoms with E-state index in [-0.39, 0.29) is 17.5 Å². The minimum atomic E-state index is -0.320. The summed E-state index contributed by atoms with van der Waals surface area (Å²) in [6.45, 7) is 5.98. The molecule has 0 fully saturated rings. The summed E-state index contributed by atoms with van der Waals surface area (Å²) in [6.07, 6.45) is 0.849. The van der Waals surface area contributed by atoms with Gasteiger partial charge in [0.05, 0.1) is 17.9 Å². The molecule has 2 aromatic carbocycles. The van der Waals surface area contributed by atoms with Gasteiger partial charge in [-0.1, -0.05) is 68.2 Å². The lowest BCUT2D eigenvalue weighted by atomic mass is 10.0. The highest BCUT2D eigenvalue weighted by atomic mass is 16.2. The molecule has 0 bridgehead atoms. The lowest BCUT2D eigenvalue weighted by molar-refractivity contribution is -0.116. The average molecular weight is 333 g/mol. The smallest absolute Gasteiger partial charge is 0.255 e. The van der Waals surface area contributed by atoms with Crippen LogP contribution in [-0.4, -0.2) is 11.0 Å². The number of amides is 1. The monoisotopic (exact) mass is 333 g/mol. The van der Waals surface area contributed by atoms with Gasteiger partial charge in [0.25, 0.3) is 5.91 Å². The minimum Gasteiger partial charge on any atom is -0.515 e. The lowest BCUT2D eigenvalue weighted by Crippen LogP contribution is -2.27. The number of benzene rings is 2. The van der Waals surface area contributed by atoms with Crippen molar-refractivity contribution in [2.45, 2.75) is 26.8 Å². The van der Waals surface area contributed by atoms with Crippen molar-refractivity contribution in [1.29, 1.82) is 0 Å². The summed E-state index contributed by atoms with van der Waals surface area (Å²) in [5, 5.41) is 12.4. The Kier molecular flexibility index (Phi) is 6.42. The molecule has 3 nitrogen and oxygen atoms in total. The van der Waals surface area contributed by atoms with Gasteiger partial charge in [-0.15, -0.1) is 0 Å². The fourth-order valence-electron chi connectivity index (χ4n) is 2.32. The third kappa shape index (κ3) is 5.26. The van der Waals surface area contributed by atoms with Crippen LogP contribution in [0.2, 0.25) is 0 Å². The predicted molar refractivity (Wildman–Crippen MR) is 102 cm³/mol. The Morgan fingerprint density at radius 3 is 2.24 bits per heavy atom. The van der Waals surface area contributed by atoms with Gasteiger partial charge in [0.2, 0.25) is 0 Å². The third-order valence-electron chi connectivity index (χ3n) is 3.72. The summed E-state index contributed by atoms with van der Waals surface area (Å²) in [5.74, 6) is 6.16. The maximum absolute atomic E-state index is 12.5. The number of aliphatic hydroxyl groups excluding tert-OH is 1. The molecular weight excluding hydrogens is 310 g/mol. The molecule has 0 spiro atoms. The maximum Gasteiger partial charge on any atom is 0.255 e. The molecule has 2 aromatic rings. The number of nitrogens with one attached hydrogen (secondary N) is 1. The van der Waals surface area contributed by atoms with Crippen LogP contribution in [0, 0.1) is 17.8 Å². The number of rotatable bonds is 4. The zero-order valence-electron chi connectivity index (χ0n) is 14.8. The van der Waals surface area contributed by atoms with E-state index in [2.05, 4.69) is 17.2 Å². The number of carbonyl (C=O) groups excluding carboxylic acids is 1. The Hall–Kier alpha value is -2.99. The molecule has 0 aliphatic carbocycles. The summed E-state index contributed by atoms with van der Waals surface area (Å²) >= 11 is 0. The molecule has 3 heteroatoms. The van der Waals surface area contributed by atoms with Crippen molar-refractivity contribution < 1.29 is 9.90 Å². The summed E-state index contributed by atoms with van der Waals surface area (Å²) in [5.41, 5.74) is 2.77. The quantitative estimate of drug-likeness (QED) is 0.493. The molecule has 1 atom stereocenters. The number of hydrogen-bond donors (Lipinski definition) is 2. The molecule has 1 amide bonds. The van der Waals surface area contributed by atoms with E-state index in [1.807, 2.05) is 63.2 Å². The molecular formula is C22H23NO2. The molecule has 25 heavy (non-hydrogen) atoms. The molecule has 0 saturated heterocycles. The van der Waals surface area contributed by atoms with Crippen LogP contribution in [0.1, 0.15) is 43.5 Å². The Morgan fingerprint density at radius 2 is 1.68 bits per heavy atom. The first-order valence-corrected chi connectivity index (χ1v) is 8.33. The van der Waals surface area contributed by atoms with Gasteiger partial charge in [0.1, 0.15) is 0 Å². The van der Waals surface area contributed by atoms with Crippen molar-refractivity contribution in [3.8, 4) is 11.8 Å². The molecule has 0 aliphatic rings. The van der Waals surface area contributed by atoms with E-state index in [1.165, 1.54) is 0 Å². The number of hydrogen-bond acceptors (Lipinski definition) is 2. The topological polar surface area (TPSA) is 49.3 Å². The van der Waals surface area contributed by atoms with Crippen molar-refractivity contribution in [1.82, 2.24) is 5.32 Å². The van der Waals surface area contributed by atoms with E-state index in [1.54, 1.807) is 12.1 Å². The second kappa shape index (κ2) is 8.75. The summed E-state index contributed by atoms with van der Waals surface area (Å²) in [6, 6.07) is 16.8. The SMILES string of the molecule is CC(C)C#Cc1ccc(C(=CO)C(=O)N[C@H](C)c2ccccc2)cc1. The molecule has 0 unspecified atom stereocenters. The van der Waals surface area contributed by atoms with E-state index in [9.17, 15) is 9.90 Å². The first-order chi connectivity index (χ1) is 12.0. The van der Waals surface area contributed by atoms with Crippen LogP contribution >= 0.6 is 0 Å². The van der Waals surface area contributed by atoms with E-state index < -0.39 is 0 Å². The zero-order chi connectivity index (χ0) is 18.2. The van der Waals surface area contributed by atoms with Crippen LogP contribution in [-0.2, 0) is 4.79 Å². The van der Waals surface area contributed by atoms with Crippen molar-refractivity contribution in [2.75, 3.05) is 0 Å². The Bertz CT molecular complexity index is 793. The molecule has 2 N–H and O–H groups in total. The van der Waals surface area contributed by atoms with E-state index >= 15 is 0 Å². The van der Waals surface area contributed by atoms with Crippen molar-refractivity contribution in [3.63, 3.8) is 0 Å². The van der Waals surface area contributed by atoms with Gasteiger partial charge in [-0.3, -0.25) is 4.79 Å². The molecule has 128 valence electrons. The molecule has 0 heterocycles. The summed E-state index contributed by atoms with van der Waals surface area (Å²) in [7, 11) is 0. The zero-order valence-corrected chi connectivity index (χ0v) is 14.8. The van der Waals surface area contributed by atoms with Crippen LogP contribution in [0.5, 0.6) is 0 Å². The molecule has 0 aliphatic heterocycles. The first-order valence-electron chi connectivity index (χ1n) is 8.33. The van der Waals surface area contributed by atoms with Crippen LogP contribution in [0.15, 0.2) is 60.9 Å². The minimum absolute atomic E-state index is 0.153. The highest BCUT2D eigenvalue weighted by Crippen LogP contribution is 2.18. The molecule has 0 radical (unpaired) electrons. The van der Waals surface area contributed by atoms with Crippen molar-refractivity contribution in [2.24, 2.45) is 5.92 Å². The summed E-state index contributed by atoms with van der Waals surface area (Å²) < 4.78 is 0. The highest BCUT2D eigenvalue weighted by molar-refractivity contribution is 6.19. The lowest BCUT2D eigenvalue weighted by Gasteiger charge is -2.15. The molecule has 0 aromatic heterocycles. The highest BCUT2D eigenvalue weighted by Gasteiger charge is 2.15. The van der Waals surface area contributed by atoms with Gasteiger partial charge in [-0.05, 0) is 30.2 Å². The van der Waals surface area contributed by atoms with Gasteiger partial charge in [0, 0.05) is 11.5 Å². The van der Waals surface area contributed by atoms with Crippen LogP contribution in [0.25, 0.3) is 5.57 Å². The van der Waals surface area contributed by atoms with Gasteiger partial charge in [-0.2, -0.15) is 0 Å². The molecule has 0 saturated carbocycles. The van der Waals surface area contributed by atoms with Gasteiger partial charge < -0.3 is 10.4 Å². The van der Waals surface area contributed by atoms with Gasteiger partial charge in [0.15, 0.2) is 0 Å². The predicted octanol–water partition coefficient (Wildman–Crippen LogP) is 4.47. The second-order valence-electron chi connectivity index (χ2n) is 6.15. The number of carbonyl (C=O) groups is 1. The standard InChI is InChI=1S/C22H23NO2/c1-16(2)9-10-18-11-13-20(14-12-18)21(15-24)22(25)23-17(3)19-7-5-4-6-8-19/h4-8,11-17,24H,1-3H3,(H,23,25)/t17-/m1/s1. The van der Waals surface area contributed by atoms with Gasteiger partial charge in [-0.25, -0.2) is 0 Å². The Balaban J connectivity index is 2.11. The van der Waals surface area contributed by atoms with Crippen molar-refractivity contribution in [3.05, 3.63) is 77.5 Å². The molecule has 2 rings (SSSR count). The fourth-order valence-corrected chi connectivity index (χ4v) is 2.32. The van der Waals surface area contributed by atoms with Crippen LogP contribution in [0.3, 0.4) is 0 Å². The maximum atomic E-state index is 12.5. The van der Waals surface area contributed by atoms with Crippen molar-refractivity contribution >= 4 is 11.5 Å². The van der Waals surface area contributed by atoms with E-state index in [0.717, 1.165) is 17.4 Å². The second-order valence-corrected chi connectivity index (χ2v) is 6.15. The third-order valence-corrected chi connectivity index (χ3v) is 3.72. The van der Waals surface area contributed by atoms with E-state index in [0.29, 0.717) is 11.5 Å². The van der Waals surface area contributed by atoms with E-state index in [4.69, 9.17) is 0 Å². The normalized spacial score (nSPS) is 12.2. The summed E-state index contributed by atoms with van der Waals surface area (Å²) in [4.78, 5) is 12.5. The van der Waals surface area contributed by atoms with Crippen LogP contribution < -0.4 is 5.32 Å². The average Bonchev–Trinajstić information content (AvgIpc) is 2.62. The van der Waals surface area contributed by atoms with Crippen LogP contribution in [0.4, 0.5) is 0 Å². The Labute approximate surface area is 149 Å². The Morgan fingerprint density at radius 1 is 1.04 bits per heavy atom. The van der Waals surface area contributed by atoms with Gasteiger partial charge >= 0.3 is 0 Å². The number of aliphatic hydroxyl groups is 1. The first kappa shape index (κ1) is 18.4. The largest absolute Gasteiger partial charge is 0.515 e.